The Balaban J connectivity index is 0.00000208. The van der Waals surface area contributed by atoms with Crippen LogP contribution in [0.5, 0.6) is 0 Å². The summed E-state index contributed by atoms with van der Waals surface area (Å²) in [5.74, 6) is -1.92. The van der Waals surface area contributed by atoms with Gasteiger partial charge in [0, 0.05) is 18.1 Å². The Labute approximate surface area is 146 Å². The molecule has 2 N–H and O–H groups in total. The van der Waals surface area contributed by atoms with Crippen LogP contribution >= 0.6 is 12.4 Å². The zero-order valence-electron chi connectivity index (χ0n) is 13.1. The Kier molecular flexibility index (Phi) is 5.85. The van der Waals surface area contributed by atoms with E-state index in [0.717, 1.165) is 26.0 Å². The Bertz CT molecular complexity index is 716. The van der Waals surface area contributed by atoms with E-state index in [0.29, 0.717) is 24.9 Å². The first kappa shape index (κ1) is 19.1. The average molecular weight is 379 g/mol. The van der Waals surface area contributed by atoms with Gasteiger partial charge >= 0.3 is 5.97 Å². The van der Waals surface area contributed by atoms with E-state index in [1.807, 2.05) is 0 Å². The Morgan fingerprint density at radius 3 is 2.50 bits per heavy atom. The first-order valence-corrected chi connectivity index (χ1v) is 9.04. The number of hydrogen-bond donors (Lipinski definition) is 2. The fraction of sp³-hybridized carbons (Fsp3) is 0.533. The molecular formula is C15H20ClFN2O4S. The van der Waals surface area contributed by atoms with Gasteiger partial charge in [0.25, 0.3) is 0 Å². The van der Waals surface area contributed by atoms with Crippen LogP contribution < -0.4 is 10.0 Å². The van der Waals surface area contributed by atoms with Gasteiger partial charge in [0.15, 0.2) is 0 Å². The quantitative estimate of drug-likeness (QED) is 0.777. The summed E-state index contributed by atoms with van der Waals surface area (Å²) in [6, 6.07) is 3.93. The fourth-order valence-corrected chi connectivity index (χ4v) is 4.93. The van der Waals surface area contributed by atoms with Gasteiger partial charge in [0.05, 0.1) is 12.0 Å². The lowest BCUT2D eigenvalue weighted by atomic mass is 10.0. The molecule has 2 aliphatic heterocycles. The molecule has 0 aromatic heterocycles. The van der Waals surface area contributed by atoms with Crippen LogP contribution in [-0.4, -0.2) is 39.6 Å². The van der Waals surface area contributed by atoms with Gasteiger partial charge in [-0.3, -0.25) is 0 Å². The minimum atomic E-state index is -4.01. The zero-order chi connectivity index (χ0) is 16.6. The highest BCUT2D eigenvalue weighted by atomic mass is 35.5. The van der Waals surface area contributed by atoms with E-state index >= 15 is 0 Å². The van der Waals surface area contributed by atoms with Gasteiger partial charge in [0.2, 0.25) is 10.0 Å². The normalized spacial score (nSPS) is 25.8. The molecule has 2 unspecified atom stereocenters. The van der Waals surface area contributed by atoms with Crippen LogP contribution in [0.4, 0.5) is 4.39 Å². The Hall–Kier alpha value is -1.22. The molecule has 0 saturated carbocycles. The van der Waals surface area contributed by atoms with Crippen LogP contribution in [0, 0.1) is 5.82 Å². The van der Waals surface area contributed by atoms with Crippen LogP contribution in [-0.2, 0) is 14.8 Å². The third-order valence-corrected chi connectivity index (χ3v) is 6.01. The van der Waals surface area contributed by atoms with Crippen LogP contribution in [0.1, 0.15) is 36.0 Å². The maximum absolute atomic E-state index is 13.9. The molecule has 1 aromatic rings. The summed E-state index contributed by atoms with van der Waals surface area (Å²) in [5, 5.41) is 3.42. The Morgan fingerprint density at radius 2 is 1.92 bits per heavy atom. The summed E-state index contributed by atoms with van der Waals surface area (Å²) in [6.45, 7) is 0. The van der Waals surface area contributed by atoms with Gasteiger partial charge in [0.1, 0.15) is 11.4 Å². The summed E-state index contributed by atoms with van der Waals surface area (Å²) in [7, 11) is -2.92. The first-order chi connectivity index (χ1) is 10.9. The van der Waals surface area contributed by atoms with Crippen molar-refractivity contribution >= 4 is 28.4 Å². The van der Waals surface area contributed by atoms with E-state index < -0.39 is 27.4 Å². The van der Waals surface area contributed by atoms with Crippen LogP contribution in [0.2, 0.25) is 0 Å². The van der Waals surface area contributed by atoms with Crippen molar-refractivity contribution in [2.45, 2.75) is 48.7 Å². The lowest BCUT2D eigenvalue weighted by Gasteiger charge is -2.29. The second kappa shape index (κ2) is 7.35. The molecule has 1 aromatic carbocycles. The van der Waals surface area contributed by atoms with Gasteiger partial charge in [-0.05, 0) is 37.8 Å². The van der Waals surface area contributed by atoms with E-state index in [2.05, 4.69) is 14.8 Å². The monoisotopic (exact) mass is 378 g/mol. The number of rotatable bonds is 4. The van der Waals surface area contributed by atoms with E-state index in [4.69, 9.17) is 0 Å². The molecular weight excluding hydrogens is 359 g/mol. The van der Waals surface area contributed by atoms with Crippen molar-refractivity contribution in [1.82, 2.24) is 10.0 Å². The zero-order valence-corrected chi connectivity index (χ0v) is 14.8. The number of benzene rings is 1. The summed E-state index contributed by atoms with van der Waals surface area (Å²) < 4.78 is 46.3. The summed E-state index contributed by atoms with van der Waals surface area (Å²) in [5.41, 5.74) is -0.556. The van der Waals surface area contributed by atoms with Crippen molar-refractivity contribution in [2.75, 3.05) is 7.11 Å². The standard InChI is InChI=1S/C15H19FN2O4S.ClH/c1-22-15(19)14-12(16)3-2-4-13(14)23(20,21)18-11-7-9-5-6-10(8-11)17-9;/h2-4,9-11,17-18H,5-8H2,1H3;1H. The van der Waals surface area contributed by atoms with E-state index in [1.54, 1.807) is 0 Å². The molecule has 2 heterocycles. The van der Waals surface area contributed by atoms with Crippen LogP contribution in [0.25, 0.3) is 0 Å². The molecule has 9 heteroatoms. The lowest BCUT2D eigenvalue weighted by Crippen LogP contribution is -2.48. The van der Waals surface area contributed by atoms with E-state index in [9.17, 15) is 17.6 Å². The topological polar surface area (TPSA) is 84.5 Å². The molecule has 6 nitrogen and oxygen atoms in total. The molecule has 2 aliphatic rings. The molecule has 2 bridgehead atoms. The van der Waals surface area contributed by atoms with Crippen molar-refractivity contribution in [3.63, 3.8) is 0 Å². The molecule has 2 saturated heterocycles. The van der Waals surface area contributed by atoms with Gasteiger partial charge in [-0.25, -0.2) is 22.3 Å². The molecule has 3 rings (SSSR count). The molecule has 0 radical (unpaired) electrons. The minimum Gasteiger partial charge on any atom is -0.465 e. The van der Waals surface area contributed by atoms with Gasteiger partial charge in [-0.2, -0.15) is 0 Å². The molecule has 134 valence electrons. The highest BCUT2D eigenvalue weighted by Crippen LogP contribution is 2.28. The second-order valence-corrected chi connectivity index (χ2v) is 7.71. The number of piperidine rings is 1. The molecule has 0 spiro atoms. The Morgan fingerprint density at radius 1 is 1.29 bits per heavy atom. The number of ether oxygens (including phenoxy) is 1. The number of nitrogens with one attached hydrogen (secondary N) is 2. The minimum absolute atomic E-state index is 0. The van der Waals surface area contributed by atoms with Gasteiger partial charge < -0.3 is 10.1 Å². The van der Waals surface area contributed by atoms with E-state index in [1.165, 1.54) is 12.1 Å². The number of carbonyl (C=O) groups is 1. The maximum atomic E-state index is 13.9. The summed E-state index contributed by atoms with van der Waals surface area (Å²) in [4.78, 5) is 11.4. The smallest absolute Gasteiger partial charge is 0.342 e. The number of halogens is 2. The predicted octanol–water partition coefficient (Wildman–Crippen LogP) is 1.60. The van der Waals surface area contributed by atoms with Crippen molar-refractivity contribution in [3.8, 4) is 0 Å². The summed E-state index contributed by atoms with van der Waals surface area (Å²) in [6.07, 6.45) is 3.46. The number of methoxy groups -OCH3 is 1. The lowest BCUT2D eigenvalue weighted by molar-refractivity contribution is 0.0590. The van der Waals surface area contributed by atoms with Crippen molar-refractivity contribution in [1.29, 1.82) is 0 Å². The number of sulfonamides is 1. The SMILES string of the molecule is COC(=O)c1c(F)cccc1S(=O)(=O)NC1CC2CCC(C1)N2.Cl. The van der Waals surface area contributed by atoms with Crippen molar-refractivity contribution in [3.05, 3.63) is 29.6 Å². The average Bonchev–Trinajstić information content (AvgIpc) is 2.84. The van der Waals surface area contributed by atoms with Crippen molar-refractivity contribution in [2.24, 2.45) is 0 Å². The van der Waals surface area contributed by atoms with Crippen molar-refractivity contribution < 1.29 is 22.3 Å². The number of hydrogen-bond acceptors (Lipinski definition) is 5. The predicted molar refractivity (Wildman–Crippen MR) is 88.3 cm³/mol. The van der Waals surface area contributed by atoms with Gasteiger partial charge in [-0.15, -0.1) is 12.4 Å². The van der Waals surface area contributed by atoms with Crippen LogP contribution in [0.3, 0.4) is 0 Å². The number of fused-ring (bicyclic) bond motifs is 2. The highest BCUT2D eigenvalue weighted by molar-refractivity contribution is 7.89. The maximum Gasteiger partial charge on any atom is 0.342 e. The second-order valence-electron chi connectivity index (χ2n) is 6.03. The molecule has 0 aliphatic carbocycles. The fourth-order valence-electron chi connectivity index (χ4n) is 3.46. The van der Waals surface area contributed by atoms with Crippen LogP contribution in [0.15, 0.2) is 23.1 Å². The summed E-state index contributed by atoms with van der Waals surface area (Å²) >= 11 is 0. The molecule has 2 atom stereocenters. The third kappa shape index (κ3) is 3.72. The molecule has 2 fully saturated rings. The van der Waals surface area contributed by atoms with E-state index in [-0.39, 0.29) is 23.3 Å². The highest BCUT2D eigenvalue weighted by Gasteiger charge is 2.36. The molecule has 0 amide bonds. The number of carbonyl (C=O) groups excluding carboxylic acids is 1. The third-order valence-electron chi connectivity index (χ3n) is 4.45. The molecule has 24 heavy (non-hydrogen) atoms. The first-order valence-electron chi connectivity index (χ1n) is 7.56. The number of esters is 1. The largest absolute Gasteiger partial charge is 0.465 e. The van der Waals surface area contributed by atoms with Gasteiger partial charge in [-0.1, -0.05) is 6.07 Å².